The van der Waals surface area contributed by atoms with E-state index in [1.165, 1.54) is 12.1 Å². The van der Waals surface area contributed by atoms with E-state index in [0.29, 0.717) is 29.9 Å². The quantitative estimate of drug-likeness (QED) is 0.405. The molecular formula is C28H31N3O4S. The van der Waals surface area contributed by atoms with Crippen LogP contribution in [0.5, 0.6) is 0 Å². The minimum atomic E-state index is -3.51. The van der Waals surface area contributed by atoms with Gasteiger partial charge in [-0.05, 0) is 66.8 Å². The highest BCUT2D eigenvalue weighted by molar-refractivity contribution is 7.89. The molecular weight excluding hydrogens is 474 g/mol. The molecule has 0 aromatic heterocycles. The molecule has 36 heavy (non-hydrogen) atoms. The third kappa shape index (κ3) is 7.02. The molecule has 3 aromatic rings. The summed E-state index contributed by atoms with van der Waals surface area (Å²) in [6.45, 7) is 3.24. The van der Waals surface area contributed by atoms with Gasteiger partial charge >= 0.3 is 0 Å². The number of nitrogens with zero attached hydrogens (tertiary/aromatic N) is 1. The summed E-state index contributed by atoms with van der Waals surface area (Å²) in [4.78, 5) is 27.6. The molecule has 0 spiro atoms. The van der Waals surface area contributed by atoms with Gasteiger partial charge in [-0.3, -0.25) is 9.59 Å². The van der Waals surface area contributed by atoms with Crippen molar-refractivity contribution in [2.24, 2.45) is 0 Å². The average Bonchev–Trinajstić information content (AvgIpc) is 3.68. The maximum Gasteiger partial charge on any atom is 0.254 e. The van der Waals surface area contributed by atoms with Gasteiger partial charge in [0.05, 0.1) is 11.3 Å². The van der Waals surface area contributed by atoms with Crippen molar-refractivity contribution in [1.29, 1.82) is 0 Å². The molecule has 1 fully saturated rings. The Morgan fingerprint density at radius 1 is 0.889 bits per heavy atom. The molecule has 0 saturated heterocycles. The van der Waals surface area contributed by atoms with Gasteiger partial charge in [-0.25, -0.2) is 13.1 Å². The zero-order valence-corrected chi connectivity index (χ0v) is 21.1. The largest absolute Gasteiger partial charge is 0.334 e. The van der Waals surface area contributed by atoms with Crippen LogP contribution in [0.15, 0.2) is 83.8 Å². The molecule has 0 unspecified atom stereocenters. The van der Waals surface area contributed by atoms with Gasteiger partial charge in [0.1, 0.15) is 0 Å². The fraction of sp³-hybridized carbons (Fsp3) is 0.286. The second-order valence-corrected chi connectivity index (χ2v) is 10.8. The fourth-order valence-electron chi connectivity index (χ4n) is 3.87. The molecule has 8 heteroatoms. The van der Waals surface area contributed by atoms with Crippen molar-refractivity contribution in [3.05, 3.63) is 95.6 Å². The average molecular weight is 506 g/mol. The highest BCUT2D eigenvalue weighted by Gasteiger charge is 2.27. The highest BCUT2D eigenvalue weighted by atomic mass is 32.2. The summed E-state index contributed by atoms with van der Waals surface area (Å²) in [5.41, 5.74) is 2.94. The monoisotopic (exact) mass is 505 g/mol. The molecule has 0 bridgehead atoms. The number of carbonyl (C=O) groups is 2. The minimum Gasteiger partial charge on any atom is -0.334 e. The van der Waals surface area contributed by atoms with Crippen LogP contribution in [-0.2, 0) is 27.8 Å². The first-order valence-electron chi connectivity index (χ1n) is 12.2. The second kappa shape index (κ2) is 11.5. The molecule has 0 aliphatic heterocycles. The lowest BCUT2D eigenvalue weighted by atomic mass is 10.1. The number of amides is 2. The van der Waals surface area contributed by atoms with E-state index in [1.54, 1.807) is 36.4 Å². The number of hydrogen-bond acceptors (Lipinski definition) is 4. The van der Waals surface area contributed by atoms with Crippen LogP contribution in [-0.4, -0.2) is 37.7 Å². The lowest BCUT2D eigenvalue weighted by Gasteiger charge is -2.22. The van der Waals surface area contributed by atoms with E-state index in [4.69, 9.17) is 0 Å². The number of nitrogens with one attached hydrogen (secondary N) is 2. The number of anilines is 1. The van der Waals surface area contributed by atoms with Crippen LogP contribution >= 0.6 is 0 Å². The number of carbonyl (C=O) groups excluding carboxylic acids is 2. The number of sulfonamides is 1. The first-order chi connectivity index (χ1) is 17.3. The van der Waals surface area contributed by atoms with Crippen LogP contribution in [0.25, 0.3) is 0 Å². The van der Waals surface area contributed by atoms with Gasteiger partial charge in [0.25, 0.3) is 5.91 Å². The van der Waals surface area contributed by atoms with Crippen molar-refractivity contribution in [2.75, 3.05) is 11.9 Å². The van der Waals surface area contributed by atoms with Crippen LogP contribution in [0.2, 0.25) is 0 Å². The maximum atomic E-state index is 13.1. The highest BCUT2D eigenvalue weighted by Crippen LogP contribution is 2.22. The topological polar surface area (TPSA) is 95.6 Å². The maximum absolute atomic E-state index is 13.1. The number of hydrogen-bond donors (Lipinski definition) is 2. The standard InChI is InChI=1S/C28H31N3O4S/c1-2-18-31(20-22-6-4-3-5-7-22)28(33)23-10-12-24(13-11-23)29-27(32)19-21-8-16-26(17-9-21)36(34,35)30-25-14-15-25/h3-13,16-17,25,30H,2,14-15,18-20H2,1H3,(H,29,32). The molecule has 2 amide bonds. The summed E-state index contributed by atoms with van der Waals surface area (Å²) < 4.78 is 27.2. The lowest BCUT2D eigenvalue weighted by molar-refractivity contribution is -0.115. The Morgan fingerprint density at radius 3 is 2.17 bits per heavy atom. The van der Waals surface area contributed by atoms with Crippen LogP contribution < -0.4 is 10.0 Å². The molecule has 1 aliphatic carbocycles. The summed E-state index contributed by atoms with van der Waals surface area (Å²) >= 11 is 0. The van der Waals surface area contributed by atoms with Gasteiger partial charge in [0.15, 0.2) is 0 Å². The predicted octanol–water partition coefficient (Wildman–Crippen LogP) is 4.36. The van der Waals surface area contributed by atoms with Crippen molar-refractivity contribution in [3.63, 3.8) is 0 Å². The van der Waals surface area contributed by atoms with E-state index < -0.39 is 10.0 Å². The first-order valence-corrected chi connectivity index (χ1v) is 13.7. The van der Waals surface area contributed by atoms with Gasteiger partial charge in [-0.1, -0.05) is 49.4 Å². The minimum absolute atomic E-state index is 0.0423. The molecule has 0 atom stereocenters. The number of benzene rings is 3. The van der Waals surface area contributed by atoms with Crippen molar-refractivity contribution >= 4 is 27.5 Å². The molecule has 4 rings (SSSR count). The molecule has 7 nitrogen and oxygen atoms in total. The van der Waals surface area contributed by atoms with Gasteiger partial charge in [-0.15, -0.1) is 0 Å². The van der Waals surface area contributed by atoms with Crippen LogP contribution in [0.3, 0.4) is 0 Å². The Hall–Kier alpha value is -3.49. The van der Waals surface area contributed by atoms with Crippen LogP contribution in [0.4, 0.5) is 5.69 Å². The van der Waals surface area contributed by atoms with Crippen molar-refractivity contribution in [3.8, 4) is 0 Å². The zero-order valence-electron chi connectivity index (χ0n) is 20.3. The Bertz CT molecular complexity index is 1290. The van der Waals surface area contributed by atoms with Crippen molar-refractivity contribution < 1.29 is 18.0 Å². The van der Waals surface area contributed by atoms with E-state index in [0.717, 1.165) is 24.8 Å². The van der Waals surface area contributed by atoms with E-state index in [2.05, 4.69) is 10.0 Å². The molecule has 1 saturated carbocycles. The molecule has 3 aromatic carbocycles. The molecule has 1 aliphatic rings. The van der Waals surface area contributed by atoms with Crippen LogP contribution in [0, 0.1) is 0 Å². The Labute approximate surface area is 212 Å². The van der Waals surface area contributed by atoms with Gasteiger partial charge in [0.2, 0.25) is 15.9 Å². The van der Waals surface area contributed by atoms with E-state index in [9.17, 15) is 18.0 Å². The molecule has 188 valence electrons. The number of rotatable bonds is 11. The summed E-state index contributed by atoms with van der Waals surface area (Å²) in [6, 6.07) is 23.2. The van der Waals surface area contributed by atoms with Crippen molar-refractivity contribution in [2.45, 2.75) is 50.1 Å². The summed E-state index contributed by atoms with van der Waals surface area (Å²) in [7, 11) is -3.51. The Balaban J connectivity index is 1.33. The summed E-state index contributed by atoms with van der Waals surface area (Å²) in [5, 5.41) is 2.84. The molecule has 2 N–H and O–H groups in total. The second-order valence-electron chi connectivity index (χ2n) is 9.05. The fourth-order valence-corrected chi connectivity index (χ4v) is 5.18. The van der Waals surface area contributed by atoms with Gasteiger partial charge in [-0.2, -0.15) is 0 Å². The van der Waals surface area contributed by atoms with E-state index >= 15 is 0 Å². The normalized spacial score (nSPS) is 13.2. The smallest absolute Gasteiger partial charge is 0.254 e. The van der Waals surface area contributed by atoms with E-state index in [1.807, 2.05) is 42.2 Å². The third-order valence-electron chi connectivity index (χ3n) is 5.91. The summed E-state index contributed by atoms with van der Waals surface area (Å²) in [6.07, 6.45) is 2.71. The van der Waals surface area contributed by atoms with Crippen molar-refractivity contribution in [1.82, 2.24) is 9.62 Å². The Kier molecular flexibility index (Phi) is 8.18. The predicted molar refractivity (Wildman–Crippen MR) is 140 cm³/mol. The van der Waals surface area contributed by atoms with E-state index in [-0.39, 0.29) is 29.2 Å². The summed E-state index contributed by atoms with van der Waals surface area (Å²) in [5.74, 6) is -0.276. The first kappa shape index (κ1) is 25.6. The SMILES string of the molecule is CCCN(Cc1ccccc1)C(=O)c1ccc(NC(=O)Cc2ccc(S(=O)(=O)NC3CC3)cc2)cc1. The Morgan fingerprint density at radius 2 is 1.56 bits per heavy atom. The third-order valence-corrected chi connectivity index (χ3v) is 7.45. The molecule has 0 radical (unpaired) electrons. The van der Waals surface area contributed by atoms with Gasteiger partial charge < -0.3 is 10.2 Å². The molecule has 0 heterocycles. The van der Waals surface area contributed by atoms with Gasteiger partial charge in [0, 0.05) is 30.4 Å². The zero-order chi connectivity index (χ0) is 25.5. The van der Waals surface area contributed by atoms with Crippen LogP contribution in [0.1, 0.15) is 47.7 Å². The lowest BCUT2D eigenvalue weighted by Crippen LogP contribution is -2.31.